The molecule has 100 valence electrons. The van der Waals surface area contributed by atoms with Crippen molar-refractivity contribution in [3.8, 4) is 5.75 Å². The van der Waals surface area contributed by atoms with E-state index in [1.165, 1.54) is 16.5 Å². The fourth-order valence-corrected chi connectivity index (χ4v) is 2.31. The van der Waals surface area contributed by atoms with Gasteiger partial charge in [-0.05, 0) is 37.1 Å². The highest BCUT2D eigenvalue weighted by Gasteiger charge is 2.11. The number of nitrogens with zero attached hydrogens (tertiary/aromatic N) is 1. The van der Waals surface area contributed by atoms with E-state index in [0.29, 0.717) is 0 Å². The number of pyridine rings is 1. The molecule has 0 saturated heterocycles. The van der Waals surface area contributed by atoms with Crippen LogP contribution in [0.3, 0.4) is 0 Å². The fraction of sp³-hybridized carbons (Fsp3) is 0.312. The van der Waals surface area contributed by atoms with Crippen molar-refractivity contribution in [1.82, 2.24) is 9.97 Å². The van der Waals surface area contributed by atoms with E-state index in [4.69, 9.17) is 4.74 Å². The Morgan fingerprint density at radius 1 is 1.16 bits per heavy atom. The lowest BCUT2D eigenvalue weighted by atomic mass is 10.1. The van der Waals surface area contributed by atoms with E-state index in [1.54, 1.807) is 7.11 Å². The Morgan fingerprint density at radius 2 is 1.89 bits per heavy atom. The zero-order valence-electron chi connectivity index (χ0n) is 12.2. The van der Waals surface area contributed by atoms with E-state index in [1.807, 2.05) is 26.1 Å². The Kier molecular flexibility index (Phi) is 3.74. The zero-order chi connectivity index (χ0) is 14.0. The minimum Gasteiger partial charge on any atom is -0.495 e. The van der Waals surface area contributed by atoms with Gasteiger partial charge in [-0.15, -0.1) is 0 Å². The lowest BCUT2D eigenvalue weighted by Crippen LogP contribution is -1.85. The molecule has 19 heavy (non-hydrogen) atoms. The molecule has 1 N–H and O–H groups in total. The number of aromatic nitrogens is 2. The molecule has 0 unspecified atom stereocenters. The maximum Gasteiger partial charge on any atom is 0.143 e. The van der Waals surface area contributed by atoms with Gasteiger partial charge < -0.3 is 9.72 Å². The normalized spacial score (nSPS) is 10.4. The first-order valence-electron chi connectivity index (χ1n) is 6.62. The van der Waals surface area contributed by atoms with Gasteiger partial charge >= 0.3 is 0 Å². The summed E-state index contributed by atoms with van der Waals surface area (Å²) in [6.07, 6.45) is 1.87. The number of hydrogen-bond acceptors (Lipinski definition) is 2. The third kappa shape index (κ3) is 2.16. The summed E-state index contributed by atoms with van der Waals surface area (Å²) in [6.45, 7) is 8.16. The maximum absolute atomic E-state index is 5.38. The maximum atomic E-state index is 5.38. The van der Waals surface area contributed by atoms with Crippen LogP contribution in [0.2, 0.25) is 0 Å². The lowest BCUT2D eigenvalue weighted by molar-refractivity contribution is 0.419. The van der Waals surface area contributed by atoms with E-state index in [9.17, 15) is 0 Å². The quantitative estimate of drug-likeness (QED) is 0.702. The highest BCUT2D eigenvalue weighted by molar-refractivity contribution is 6.09. The highest BCUT2D eigenvalue weighted by Crippen LogP contribution is 2.33. The molecule has 3 aromatic rings. The Balaban J connectivity index is 0.000000637. The van der Waals surface area contributed by atoms with Gasteiger partial charge in [0.05, 0.1) is 12.6 Å². The second-order valence-corrected chi connectivity index (χ2v) is 4.37. The summed E-state index contributed by atoms with van der Waals surface area (Å²) in [4.78, 5) is 7.75. The largest absolute Gasteiger partial charge is 0.495 e. The molecule has 0 radical (unpaired) electrons. The molecule has 2 heterocycles. The van der Waals surface area contributed by atoms with Gasteiger partial charge in [-0.2, -0.15) is 0 Å². The second-order valence-electron chi connectivity index (χ2n) is 4.37. The Bertz CT molecular complexity index is 713. The average molecular weight is 256 g/mol. The molecular weight excluding hydrogens is 236 g/mol. The van der Waals surface area contributed by atoms with Gasteiger partial charge in [-0.25, -0.2) is 4.98 Å². The number of methoxy groups -OCH3 is 1. The smallest absolute Gasteiger partial charge is 0.143 e. The highest BCUT2D eigenvalue weighted by atomic mass is 16.5. The van der Waals surface area contributed by atoms with E-state index in [2.05, 4.69) is 35.9 Å². The molecule has 0 aliphatic heterocycles. The molecule has 2 aromatic heterocycles. The standard InChI is InChI=1S/C14H14N2O.C2H6/c1-8-6-10-12-9(2)4-5-11(17-3)13(12)16-14(10)15-7-8;1-2/h4-7H,1-3H3,(H,15,16);1-2H3. The molecule has 0 atom stereocenters. The Morgan fingerprint density at radius 3 is 2.58 bits per heavy atom. The molecule has 0 spiro atoms. The molecule has 0 saturated carbocycles. The Labute approximate surface area is 113 Å². The predicted octanol–water partition coefficient (Wildman–Crippen LogP) is 4.37. The van der Waals surface area contributed by atoms with Crippen LogP contribution in [0.25, 0.3) is 21.9 Å². The topological polar surface area (TPSA) is 37.9 Å². The fourth-order valence-electron chi connectivity index (χ4n) is 2.31. The van der Waals surface area contributed by atoms with Crippen molar-refractivity contribution < 1.29 is 4.74 Å². The summed E-state index contributed by atoms with van der Waals surface area (Å²) in [5, 5.41) is 2.37. The average Bonchev–Trinajstić information content (AvgIpc) is 2.81. The molecule has 3 heteroatoms. The molecule has 0 aliphatic rings. The summed E-state index contributed by atoms with van der Waals surface area (Å²) < 4.78 is 5.38. The predicted molar refractivity (Wildman–Crippen MR) is 81.0 cm³/mol. The van der Waals surface area contributed by atoms with Gasteiger partial charge in [0, 0.05) is 17.0 Å². The number of nitrogens with one attached hydrogen (secondary N) is 1. The number of fused-ring (bicyclic) bond motifs is 3. The van der Waals surface area contributed by atoms with Crippen molar-refractivity contribution in [3.63, 3.8) is 0 Å². The van der Waals surface area contributed by atoms with Crippen LogP contribution in [0.5, 0.6) is 5.75 Å². The number of ether oxygens (including phenoxy) is 1. The number of aryl methyl sites for hydroxylation is 2. The first kappa shape index (κ1) is 13.4. The van der Waals surface area contributed by atoms with Crippen LogP contribution in [0.1, 0.15) is 25.0 Å². The molecule has 3 nitrogen and oxygen atoms in total. The zero-order valence-corrected chi connectivity index (χ0v) is 12.2. The number of H-pyrrole nitrogens is 1. The summed E-state index contributed by atoms with van der Waals surface area (Å²) in [6, 6.07) is 6.23. The van der Waals surface area contributed by atoms with Crippen molar-refractivity contribution in [2.75, 3.05) is 7.11 Å². The van der Waals surface area contributed by atoms with Crippen molar-refractivity contribution in [2.45, 2.75) is 27.7 Å². The van der Waals surface area contributed by atoms with Gasteiger partial charge in [-0.1, -0.05) is 19.9 Å². The molecule has 0 fully saturated rings. The second kappa shape index (κ2) is 5.31. The van der Waals surface area contributed by atoms with Crippen LogP contribution in [0, 0.1) is 13.8 Å². The number of aromatic amines is 1. The third-order valence-corrected chi connectivity index (χ3v) is 3.13. The van der Waals surface area contributed by atoms with Gasteiger partial charge in [0.2, 0.25) is 0 Å². The van der Waals surface area contributed by atoms with Crippen molar-refractivity contribution >= 4 is 21.9 Å². The van der Waals surface area contributed by atoms with Crippen molar-refractivity contribution in [3.05, 3.63) is 35.5 Å². The Hall–Kier alpha value is -2.03. The third-order valence-electron chi connectivity index (χ3n) is 3.13. The van der Waals surface area contributed by atoms with Gasteiger partial charge in [-0.3, -0.25) is 0 Å². The molecule has 0 bridgehead atoms. The number of benzene rings is 1. The minimum atomic E-state index is 0.862. The monoisotopic (exact) mass is 256 g/mol. The van der Waals surface area contributed by atoms with Crippen molar-refractivity contribution in [2.24, 2.45) is 0 Å². The van der Waals surface area contributed by atoms with Crippen LogP contribution in [0.15, 0.2) is 24.4 Å². The summed E-state index contributed by atoms with van der Waals surface area (Å²) in [7, 11) is 1.69. The summed E-state index contributed by atoms with van der Waals surface area (Å²) in [5.74, 6) is 0.862. The molecule has 1 aromatic carbocycles. The van der Waals surface area contributed by atoms with E-state index >= 15 is 0 Å². The van der Waals surface area contributed by atoms with Crippen LogP contribution in [0.4, 0.5) is 0 Å². The van der Waals surface area contributed by atoms with Gasteiger partial charge in [0.15, 0.2) is 0 Å². The summed E-state index contributed by atoms with van der Waals surface area (Å²) in [5.41, 5.74) is 4.35. The minimum absolute atomic E-state index is 0.862. The molecule has 0 aliphatic carbocycles. The van der Waals surface area contributed by atoms with Gasteiger partial charge in [0.25, 0.3) is 0 Å². The summed E-state index contributed by atoms with van der Waals surface area (Å²) >= 11 is 0. The van der Waals surface area contributed by atoms with Gasteiger partial charge in [0.1, 0.15) is 11.4 Å². The number of hydrogen-bond donors (Lipinski definition) is 1. The molecule has 3 rings (SSSR count). The first-order valence-corrected chi connectivity index (χ1v) is 6.62. The lowest BCUT2D eigenvalue weighted by Gasteiger charge is -2.03. The number of rotatable bonds is 1. The van der Waals surface area contributed by atoms with Crippen molar-refractivity contribution in [1.29, 1.82) is 0 Å². The molecule has 0 amide bonds. The van der Waals surface area contributed by atoms with Crippen LogP contribution >= 0.6 is 0 Å². The van der Waals surface area contributed by atoms with E-state index in [-0.39, 0.29) is 0 Å². The molecular formula is C16H20N2O. The van der Waals surface area contributed by atoms with E-state index in [0.717, 1.165) is 22.3 Å². The van der Waals surface area contributed by atoms with Crippen LogP contribution < -0.4 is 4.74 Å². The van der Waals surface area contributed by atoms with Crippen LogP contribution in [-0.4, -0.2) is 17.1 Å². The first-order chi connectivity index (χ1) is 9.20. The van der Waals surface area contributed by atoms with E-state index < -0.39 is 0 Å². The van der Waals surface area contributed by atoms with Crippen LogP contribution in [-0.2, 0) is 0 Å². The SMILES string of the molecule is CC.COc1ccc(C)c2c1[nH]c1ncc(C)cc12.